The zero-order valence-corrected chi connectivity index (χ0v) is 12.3. The molecule has 0 aliphatic rings. The highest BCUT2D eigenvalue weighted by Crippen LogP contribution is 2.28. The van der Waals surface area contributed by atoms with Gasteiger partial charge in [-0.15, -0.1) is 0 Å². The van der Waals surface area contributed by atoms with Gasteiger partial charge in [-0.3, -0.25) is 10.1 Å². The Labute approximate surface area is 135 Å². The molecule has 0 heterocycles. The lowest BCUT2D eigenvalue weighted by Gasteiger charge is -2.08. The molecule has 0 bridgehead atoms. The minimum atomic E-state index is -0.756. The van der Waals surface area contributed by atoms with Crippen molar-refractivity contribution in [2.75, 3.05) is 6.61 Å². The van der Waals surface area contributed by atoms with Crippen LogP contribution in [0.15, 0.2) is 42.5 Å². The maximum Gasteiger partial charge on any atom is 0.349 e. The molecule has 116 valence electrons. The monoisotopic (exact) mass is 332 g/mol. The Morgan fingerprint density at radius 3 is 2.65 bits per heavy atom. The number of nitro groups is 1. The third-order valence-electron chi connectivity index (χ3n) is 2.70. The number of nitrogens with zero attached hydrogens (tertiary/aromatic N) is 2. The summed E-state index contributed by atoms with van der Waals surface area (Å²) in [5, 5.41) is 19.4. The molecule has 0 N–H and O–H groups in total. The van der Waals surface area contributed by atoms with Gasteiger partial charge in [-0.05, 0) is 18.2 Å². The Morgan fingerprint density at radius 2 is 2.00 bits per heavy atom. The van der Waals surface area contributed by atoms with E-state index < -0.39 is 17.5 Å². The maximum absolute atomic E-state index is 11.7. The number of ether oxygens (including phenoxy) is 2. The second kappa shape index (κ2) is 7.24. The zero-order chi connectivity index (χ0) is 16.8. The van der Waals surface area contributed by atoms with Crippen LogP contribution in [-0.2, 0) is 4.79 Å². The van der Waals surface area contributed by atoms with E-state index in [0.29, 0.717) is 0 Å². The number of carbonyl (C=O) groups is 1. The molecule has 0 aliphatic heterocycles. The number of esters is 1. The number of carbonyl (C=O) groups excluding carboxylic acids is 1. The van der Waals surface area contributed by atoms with Gasteiger partial charge in [0.05, 0.1) is 15.5 Å². The van der Waals surface area contributed by atoms with Crippen LogP contribution in [0.25, 0.3) is 0 Å². The molecule has 0 saturated carbocycles. The van der Waals surface area contributed by atoms with Gasteiger partial charge in [0.2, 0.25) is 0 Å². The minimum Gasteiger partial charge on any atom is -0.481 e. The van der Waals surface area contributed by atoms with Gasteiger partial charge < -0.3 is 9.47 Å². The van der Waals surface area contributed by atoms with Gasteiger partial charge in [0.25, 0.3) is 5.69 Å². The Hall–Kier alpha value is -3.11. The molecule has 0 fully saturated rings. The Balaban J connectivity index is 2.00. The number of nitro benzene ring substituents is 1. The fraction of sp³-hybridized carbons (Fsp3) is 0.0667. The predicted octanol–water partition coefficient (Wildman–Crippen LogP) is 3.10. The van der Waals surface area contributed by atoms with Crippen molar-refractivity contribution in [2.24, 2.45) is 0 Å². The van der Waals surface area contributed by atoms with Crippen LogP contribution in [0.3, 0.4) is 0 Å². The summed E-state index contributed by atoms with van der Waals surface area (Å²) < 4.78 is 10.2. The SMILES string of the molecule is N#Cc1ccccc1OCC(=O)Oc1ccc([N+](=O)[O-])cc1Cl. The van der Waals surface area contributed by atoms with E-state index in [1.165, 1.54) is 12.1 Å². The van der Waals surface area contributed by atoms with Crippen molar-refractivity contribution in [3.63, 3.8) is 0 Å². The van der Waals surface area contributed by atoms with E-state index in [1.807, 2.05) is 6.07 Å². The first-order valence-electron chi connectivity index (χ1n) is 6.28. The Bertz CT molecular complexity index is 801. The zero-order valence-electron chi connectivity index (χ0n) is 11.6. The average molecular weight is 333 g/mol. The van der Waals surface area contributed by atoms with Gasteiger partial charge in [-0.1, -0.05) is 23.7 Å². The van der Waals surface area contributed by atoms with Gasteiger partial charge in [-0.25, -0.2) is 4.79 Å². The second-order valence-electron chi connectivity index (χ2n) is 4.24. The lowest BCUT2D eigenvalue weighted by atomic mass is 10.2. The van der Waals surface area contributed by atoms with Crippen LogP contribution in [0, 0.1) is 21.4 Å². The first-order valence-corrected chi connectivity index (χ1v) is 6.65. The quantitative estimate of drug-likeness (QED) is 0.361. The fourth-order valence-electron chi connectivity index (χ4n) is 1.66. The van der Waals surface area contributed by atoms with Crippen molar-refractivity contribution in [3.05, 3.63) is 63.2 Å². The number of hydrogen-bond acceptors (Lipinski definition) is 6. The summed E-state index contributed by atoms with van der Waals surface area (Å²) in [5.41, 5.74) is 0.0719. The van der Waals surface area contributed by atoms with E-state index in [9.17, 15) is 14.9 Å². The van der Waals surface area contributed by atoms with Crippen molar-refractivity contribution in [1.82, 2.24) is 0 Å². The van der Waals surface area contributed by atoms with Gasteiger partial charge in [0.1, 0.15) is 17.6 Å². The highest BCUT2D eigenvalue weighted by atomic mass is 35.5. The molecule has 0 atom stereocenters. The molecule has 0 spiro atoms. The van der Waals surface area contributed by atoms with Gasteiger partial charge in [0, 0.05) is 12.1 Å². The smallest absolute Gasteiger partial charge is 0.349 e. The molecule has 23 heavy (non-hydrogen) atoms. The molecule has 2 aromatic rings. The lowest BCUT2D eigenvalue weighted by Crippen LogP contribution is -2.18. The summed E-state index contributed by atoms with van der Waals surface area (Å²) in [4.78, 5) is 21.7. The number of benzene rings is 2. The van der Waals surface area contributed by atoms with Crippen LogP contribution in [-0.4, -0.2) is 17.5 Å². The van der Waals surface area contributed by atoms with E-state index in [0.717, 1.165) is 6.07 Å². The molecule has 0 aromatic heterocycles. The predicted molar refractivity (Wildman–Crippen MR) is 80.4 cm³/mol. The standard InChI is InChI=1S/C15H9ClN2O5/c16-12-7-11(18(20)21)5-6-14(12)23-15(19)9-22-13-4-2-1-3-10(13)8-17/h1-7H,9H2. The van der Waals surface area contributed by atoms with E-state index in [1.54, 1.807) is 24.3 Å². The molecule has 7 nitrogen and oxygen atoms in total. The minimum absolute atomic E-state index is 0.0144. The number of rotatable bonds is 5. The third-order valence-corrected chi connectivity index (χ3v) is 3.00. The second-order valence-corrected chi connectivity index (χ2v) is 4.65. The number of halogens is 1. The van der Waals surface area contributed by atoms with Crippen LogP contribution in [0.5, 0.6) is 11.5 Å². The first kappa shape index (κ1) is 16.3. The molecule has 0 unspecified atom stereocenters. The van der Waals surface area contributed by atoms with Gasteiger partial charge >= 0.3 is 5.97 Å². The topological polar surface area (TPSA) is 102 Å². The Morgan fingerprint density at radius 1 is 1.26 bits per heavy atom. The average Bonchev–Trinajstić information content (AvgIpc) is 2.54. The first-order chi connectivity index (χ1) is 11.0. The maximum atomic E-state index is 11.7. The number of nitriles is 1. The molecule has 2 rings (SSSR count). The molecular weight excluding hydrogens is 324 g/mol. The summed E-state index contributed by atoms with van der Waals surface area (Å²) in [6.45, 7) is -0.438. The van der Waals surface area contributed by atoms with E-state index in [2.05, 4.69) is 0 Å². The molecule has 0 aliphatic carbocycles. The van der Waals surface area contributed by atoms with Crippen molar-refractivity contribution >= 4 is 23.3 Å². The summed E-state index contributed by atoms with van der Waals surface area (Å²) in [6, 6.07) is 11.8. The van der Waals surface area contributed by atoms with Crippen molar-refractivity contribution in [1.29, 1.82) is 5.26 Å². The molecular formula is C15H9ClN2O5. The van der Waals surface area contributed by atoms with E-state index in [-0.39, 0.29) is 27.8 Å². The van der Waals surface area contributed by atoms with E-state index >= 15 is 0 Å². The third kappa shape index (κ3) is 4.18. The van der Waals surface area contributed by atoms with Crippen molar-refractivity contribution < 1.29 is 19.2 Å². The van der Waals surface area contributed by atoms with Crippen LogP contribution in [0.4, 0.5) is 5.69 Å². The van der Waals surface area contributed by atoms with Crippen LogP contribution < -0.4 is 9.47 Å². The largest absolute Gasteiger partial charge is 0.481 e. The van der Waals surface area contributed by atoms with E-state index in [4.69, 9.17) is 26.3 Å². The molecule has 2 aromatic carbocycles. The lowest BCUT2D eigenvalue weighted by molar-refractivity contribution is -0.384. The van der Waals surface area contributed by atoms with Crippen molar-refractivity contribution in [3.8, 4) is 17.6 Å². The normalized spacial score (nSPS) is 9.74. The number of hydrogen-bond donors (Lipinski definition) is 0. The number of para-hydroxylation sites is 1. The molecule has 8 heteroatoms. The summed E-state index contributed by atoms with van der Waals surface area (Å²) in [6.07, 6.45) is 0. The van der Waals surface area contributed by atoms with Crippen LogP contribution in [0.1, 0.15) is 5.56 Å². The summed E-state index contributed by atoms with van der Waals surface area (Å²) in [5.74, 6) is -0.519. The fourth-order valence-corrected chi connectivity index (χ4v) is 1.87. The van der Waals surface area contributed by atoms with Gasteiger partial charge in [0.15, 0.2) is 6.61 Å². The number of non-ortho nitro benzene ring substituents is 1. The highest BCUT2D eigenvalue weighted by molar-refractivity contribution is 6.32. The van der Waals surface area contributed by atoms with Gasteiger partial charge in [-0.2, -0.15) is 5.26 Å². The molecule has 0 amide bonds. The van der Waals surface area contributed by atoms with Crippen LogP contribution in [0.2, 0.25) is 5.02 Å². The highest BCUT2D eigenvalue weighted by Gasteiger charge is 2.14. The molecule has 0 saturated heterocycles. The Kier molecular flexibility index (Phi) is 5.12. The molecule has 0 radical (unpaired) electrons. The summed E-state index contributed by atoms with van der Waals surface area (Å²) in [7, 11) is 0. The summed E-state index contributed by atoms with van der Waals surface area (Å²) >= 11 is 5.82. The van der Waals surface area contributed by atoms with Crippen molar-refractivity contribution in [2.45, 2.75) is 0 Å². The van der Waals surface area contributed by atoms with Crippen LogP contribution >= 0.6 is 11.6 Å².